The van der Waals surface area contributed by atoms with E-state index in [0.29, 0.717) is 29.3 Å². The lowest BCUT2D eigenvalue weighted by atomic mass is 9.97. The van der Waals surface area contributed by atoms with Crippen LogP contribution in [0.2, 0.25) is 0 Å². The Balaban J connectivity index is 1.52. The van der Waals surface area contributed by atoms with Crippen LogP contribution in [0.15, 0.2) is 17.1 Å². The third-order valence-corrected chi connectivity index (χ3v) is 7.45. The van der Waals surface area contributed by atoms with Crippen molar-refractivity contribution in [1.29, 1.82) is 0 Å². The Morgan fingerprint density at radius 2 is 1.89 bits per heavy atom. The minimum absolute atomic E-state index is 0.0295. The Labute approximate surface area is 202 Å². The summed E-state index contributed by atoms with van der Waals surface area (Å²) in [5.41, 5.74) is 0.331. The highest BCUT2D eigenvalue weighted by Gasteiger charge is 2.48. The molecule has 14 heteroatoms. The van der Waals surface area contributed by atoms with Crippen LogP contribution >= 0.6 is 0 Å². The molecule has 0 aromatic carbocycles. The van der Waals surface area contributed by atoms with Crippen molar-refractivity contribution in [3.8, 4) is 0 Å². The van der Waals surface area contributed by atoms with E-state index in [-0.39, 0.29) is 29.4 Å². The highest BCUT2D eigenvalue weighted by molar-refractivity contribution is 7.91. The Bertz CT molecular complexity index is 1270. The quantitative estimate of drug-likeness (QED) is 0.375. The first-order valence-electron chi connectivity index (χ1n) is 11.5. The minimum Gasteiger partial charge on any atom is -0.422 e. The number of ether oxygens (including phenoxy) is 1. The van der Waals surface area contributed by atoms with Crippen LogP contribution in [0.4, 0.5) is 5.82 Å². The number of unbranched alkanes of at least 4 members (excludes halogenated alkanes) is 1. The molecule has 1 saturated heterocycles. The second-order valence-corrected chi connectivity index (χ2v) is 11.9. The molecule has 0 aliphatic carbocycles. The lowest BCUT2D eigenvalue weighted by Gasteiger charge is -2.16. The van der Waals surface area contributed by atoms with E-state index >= 15 is 0 Å². The van der Waals surface area contributed by atoms with Gasteiger partial charge in [0.15, 0.2) is 39.2 Å². The van der Waals surface area contributed by atoms with E-state index in [9.17, 15) is 18.6 Å². The van der Waals surface area contributed by atoms with E-state index in [2.05, 4.69) is 30.5 Å². The van der Waals surface area contributed by atoms with E-state index in [1.807, 2.05) is 27.7 Å². The highest BCUT2D eigenvalue weighted by atomic mass is 32.2. The topological polar surface area (TPSA) is 178 Å². The van der Waals surface area contributed by atoms with E-state index in [0.717, 1.165) is 6.42 Å². The summed E-state index contributed by atoms with van der Waals surface area (Å²) in [5.74, 6) is 0.925. The maximum Gasteiger partial charge on any atom is 0.248 e. The minimum atomic E-state index is -3.16. The van der Waals surface area contributed by atoms with Crippen molar-refractivity contribution < 1.29 is 27.8 Å². The molecule has 3 N–H and O–H groups in total. The second-order valence-electron chi connectivity index (χ2n) is 9.60. The Kier molecular flexibility index (Phi) is 7.09. The average Bonchev–Trinajstić information content (AvgIpc) is 3.51. The molecule has 0 amide bonds. The molecule has 35 heavy (non-hydrogen) atoms. The summed E-state index contributed by atoms with van der Waals surface area (Å²) < 4.78 is 37.3. The molecule has 0 spiro atoms. The summed E-state index contributed by atoms with van der Waals surface area (Å²) >= 11 is 0. The number of imidazole rings is 1. The van der Waals surface area contributed by atoms with Crippen molar-refractivity contribution in [3.05, 3.63) is 24.4 Å². The number of aliphatic hydroxyl groups is 2. The molecule has 1 aliphatic heterocycles. The summed E-state index contributed by atoms with van der Waals surface area (Å²) in [6, 6.07) is 0. The number of aliphatic hydroxyl groups excluding tert-OH is 2. The number of hydrogen-bond acceptors (Lipinski definition) is 12. The number of anilines is 1. The van der Waals surface area contributed by atoms with Crippen molar-refractivity contribution in [3.63, 3.8) is 0 Å². The molecule has 3 aromatic rings. The summed E-state index contributed by atoms with van der Waals surface area (Å²) in [4.78, 5) is 12.7. The van der Waals surface area contributed by atoms with Gasteiger partial charge < -0.3 is 24.7 Å². The van der Waals surface area contributed by atoms with Gasteiger partial charge >= 0.3 is 0 Å². The summed E-state index contributed by atoms with van der Waals surface area (Å²) in [6.45, 7) is 7.85. The van der Waals surface area contributed by atoms with Crippen molar-refractivity contribution in [2.75, 3.05) is 23.4 Å². The lowest BCUT2D eigenvalue weighted by Crippen LogP contribution is -2.29. The smallest absolute Gasteiger partial charge is 0.248 e. The molecule has 0 radical (unpaired) electrons. The zero-order valence-corrected chi connectivity index (χ0v) is 20.9. The largest absolute Gasteiger partial charge is 0.422 e. The summed E-state index contributed by atoms with van der Waals surface area (Å²) in [6.07, 6.45) is -0.549. The molecule has 4 atom stereocenters. The van der Waals surface area contributed by atoms with Crippen molar-refractivity contribution in [2.24, 2.45) is 0 Å². The lowest BCUT2D eigenvalue weighted by molar-refractivity contribution is -0.0441. The molecule has 0 saturated carbocycles. The molecule has 0 unspecified atom stereocenters. The van der Waals surface area contributed by atoms with E-state index < -0.39 is 34.4 Å². The van der Waals surface area contributed by atoms with Gasteiger partial charge in [-0.25, -0.2) is 23.4 Å². The molecule has 3 aromatic heterocycles. The first-order valence-corrected chi connectivity index (χ1v) is 13.3. The monoisotopic (exact) mass is 509 g/mol. The normalized spacial score (nSPS) is 23.3. The number of hydrogen-bond donors (Lipinski definition) is 3. The van der Waals surface area contributed by atoms with Gasteiger partial charge in [-0.15, -0.1) is 10.2 Å². The fourth-order valence-electron chi connectivity index (χ4n) is 3.70. The first kappa shape index (κ1) is 25.4. The van der Waals surface area contributed by atoms with Crippen LogP contribution in [-0.4, -0.2) is 78.6 Å². The molecule has 13 nitrogen and oxygen atoms in total. The Hall–Kier alpha value is -2.68. The van der Waals surface area contributed by atoms with E-state index in [1.165, 1.54) is 17.2 Å². The molecule has 192 valence electrons. The molecular formula is C21H31N7O6S. The molecule has 0 bridgehead atoms. The maximum atomic E-state index is 12.1. The standard InChI is InChI=1S/C21H31N7O6S/c1-5-6-8-35(31,32)9-7-22-16-12-17(24-10-23-16)28(11-25-12)19-14(30)13(29)15(33-19)18-26-27-20(34-18)21(2,3)4/h10-11,13-15,19,29-30H,5-9H2,1-4H3,(H,22,23,24)/t13-,14+,15-,19+/m0/s1. The number of sulfone groups is 1. The number of rotatable bonds is 9. The van der Waals surface area contributed by atoms with Crippen molar-refractivity contribution in [1.82, 2.24) is 29.7 Å². The molecule has 1 fully saturated rings. The number of nitrogens with one attached hydrogen (secondary N) is 1. The van der Waals surface area contributed by atoms with E-state index in [1.54, 1.807) is 0 Å². The highest BCUT2D eigenvalue weighted by Crippen LogP contribution is 2.40. The fourth-order valence-corrected chi connectivity index (χ4v) is 5.05. The number of aromatic nitrogens is 6. The van der Waals surface area contributed by atoms with Gasteiger partial charge in [0.05, 0.1) is 17.8 Å². The summed E-state index contributed by atoms with van der Waals surface area (Å²) in [7, 11) is -3.16. The number of nitrogens with zero attached hydrogens (tertiary/aromatic N) is 6. The third kappa shape index (κ3) is 5.29. The third-order valence-electron chi connectivity index (χ3n) is 5.71. The SMILES string of the molecule is CCCCS(=O)(=O)CCNc1ncnc2c1ncn2[C@@H]1O[C@H](c2nnc(C(C)(C)C)o2)[C@@H](O)[C@H]1O. The van der Waals surface area contributed by atoms with Gasteiger partial charge in [-0.3, -0.25) is 4.57 Å². The second kappa shape index (κ2) is 9.76. The average molecular weight is 510 g/mol. The fraction of sp³-hybridized carbons (Fsp3) is 0.667. The van der Waals surface area contributed by atoms with Crippen LogP contribution in [0, 0.1) is 0 Å². The molecule has 4 rings (SSSR count). The van der Waals surface area contributed by atoms with Crippen LogP contribution in [0.3, 0.4) is 0 Å². The molecule has 1 aliphatic rings. The molecule has 4 heterocycles. The zero-order chi connectivity index (χ0) is 25.4. The van der Waals surface area contributed by atoms with Crippen LogP contribution in [0.1, 0.15) is 64.6 Å². The van der Waals surface area contributed by atoms with Crippen LogP contribution < -0.4 is 5.32 Å². The van der Waals surface area contributed by atoms with Gasteiger partial charge in [0.1, 0.15) is 18.5 Å². The van der Waals surface area contributed by atoms with Crippen LogP contribution in [0.25, 0.3) is 11.2 Å². The van der Waals surface area contributed by atoms with Gasteiger partial charge in [-0.05, 0) is 6.42 Å². The van der Waals surface area contributed by atoms with Gasteiger partial charge in [-0.2, -0.15) is 0 Å². The van der Waals surface area contributed by atoms with Gasteiger partial charge in [0.25, 0.3) is 0 Å². The first-order chi connectivity index (χ1) is 16.5. The van der Waals surface area contributed by atoms with Gasteiger partial charge in [0.2, 0.25) is 11.8 Å². The maximum absolute atomic E-state index is 12.1. The van der Waals surface area contributed by atoms with Crippen LogP contribution in [0.5, 0.6) is 0 Å². The zero-order valence-electron chi connectivity index (χ0n) is 20.1. The Morgan fingerprint density at radius 3 is 2.57 bits per heavy atom. The van der Waals surface area contributed by atoms with Gasteiger partial charge in [0, 0.05) is 12.0 Å². The predicted molar refractivity (Wildman–Crippen MR) is 125 cm³/mol. The van der Waals surface area contributed by atoms with Crippen molar-refractivity contribution >= 4 is 26.8 Å². The summed E-state index contributed by atoms with van der Waals surface area (Å²) in [5, 5.41) is 32.4. The predicted octanol–water partition coefficient (Wildman–Crippen LogP) is 1.13. The molecular weight excluding hydrogens is 478 g/mol. The van der Waals surface area contributed by atoms with E-state index in [4.69, 9.17) is 9.15 Å². The Morgan fingerprint density at radius 1 is 1.11 bits per heavy atom. The van der Waals surface area contributed by atoms with Gasteiger partial charge in [-0.1, -0.05) is 34.1 Å². The van der Waals surface area contributed by atoms with Crippen molar-refractivity contribution in [2.45, 2.75) is 70.5 Å². The van der Waals surface area contributed by atoms with Crippen LogP contribution in [-0.2, 0) is 20.0 Å². The number of fused-ring (bicyclic) bond motifs is 1.